The van der Waals surface area contributed by atoms with Crippen LogP contribution in [0.4, 0.5) is 5.69 Å². The van der Waals surface area contributed by atoms with Gasteiger partial charge in [0, 0.05) is 6.07 Å². The summed E-state index contributed by atoms with van der Waals surface area (Å²) < 4.78 is 10.7. The van der Waals surface area contributed by atoms with Crippen molar-refractivity contribution in [2.45, 2.75) is 6.92 Å². The number of ether oxygens (including phenoxy) is 2. The third-order valence-corrected chi connectivity index (χ3v) is 2.59. The van der Waals surface area contributed by atoms with E-state index in [0.717, 1.165) is 5.56 Å². The van der Waals surface area contributed by atoms with Gasteiger partial charge in [-0.05, 0) is 30.7 Å². The molecule has 2 aromatic rings. The Kier molecular flexibility index (Phi) is 3.53. The number of nitriles is 1. The van der Waals surface area contributed by atoms with Gasteiger partial charge in [0.15, 0.2) is 0 Å². The molecule has 0 saturated carbocycles. The van der Waals surface area contributed by atoms with E-state index in [9.17, 15) is 0 Å². The van der Waals surface area contributed by atoms with Gasteiger partial charge in [0.2, 0.25) is 11.8 Å². The Labute approximate surface area is 111 Å². The van der Waals surface area contributed by atoms with E-state index in [2.05, 4.69) is 11.1 Å². The summed E-state index contributed by atoms with van der Waals surface area (Å²) in [5.41, 5.74) is 7.57. The molecular formula is C14H13N3O2. The number of hydrogen-bond acceptors (Lipinski definition) is 5. The third kappa shape index (κ3) is 2.75. The molecule has 0 atom stereocenters. The zero-order valence-corrected chi connectivity index (χ0v) is 10.7. The Bertz CT molecular complexity index is 648. The first-order valence-electron chi connectivity index (χ1n) is 5.63. The lowest BCUT2D eigenvalue weighted by Crippen LogP contribution is -1.97. The molecule has 0 spiro atoms. The fraction of sp³-hybridized carbons (Fsp3) is 0.143. The van der Waals surface area contributed by atoms with Crippen LogP contribution in [0.1, 0.15) is 11.1 Å². The minimum atomic E-state index is 0.312. The normalized spacial score (nSPS) is 9.74. The molecule has 0 aliphatic carbocycles. The van der Waals surface area contributed by atoms with Crippen molar-refractivity contribution in [1.29, 1.82) is 5.26 Å². The smallest absolute Gasteiger partial charge is 0.240 e. The largest absolute Gasteiger partial charge is 0.479 e. The van der Waals surface area contributed by atoms with Crippen LogP contribution in [0.3, 0.4) is 0 Å². The van der Waals surface area contributed by atoms with Crippen molar-refractivity contribution in [2.24, 2.45) is 0 Å². The molecule has 1 heterocycles. The lowest BCUT2D eigenvalue weighted by Gasteiger charge is -2.10. The van der Waals surface area contributed by atoms with Gasteiger partial charge >= 0.3 is 0 Å². The van der Waals surface area contributed by atoms with Crippen molar-refractivity contribution in [1.82, 2.24) is 4.98 Å². The van der Waals surface area contributed by atoms with Gasteiger partial charge in [-0.15, -0.1) is 0 Å². The molecular weight excluding hydrogens is 242 g/mol. The van der Waals surface area contributed by atoms with Gasteiger partial charge in [-0.25, -0.2) is 0 Å². The first kappa shape index (κ1) is 12.7. The van der Waals surface area contributed by atoms with Crippen LogP contribution in [0.5, 0.6) is 17.5 Å². The maximum atomic E-state index is 8.88. The second kappa shape index (κ2) is 5.27. The second-order valence-electron chi connectivity index (χ2n) is 3.94. The first-order chi connectivity index (χ1) is 9.13. The van der Waals surface area contributed by atoms with Crippen LogP contribution in [-0.4, -0.2) is 12.1 Å². The van der Waals surface area contributed by atoms with Crippen LogP contribution in [0.2, 0.25) is 0 Å². The van der Waals surface area contributed by atoms with Gasteiger partial charge in [-0.2, -0.15) is 10.2 Å². The number of hydrogen-bond donors (Lipinski definition) is 1. The van der Waals surface area contributed by atoms with Crippen LogP contribution in [0.15, 0.2) is 30.3 Å². The summed E-state index contributed by atoms with van der Waals surface area (Å²) in [6.45, 7) is 1.89. The summed E-state index contributed by atoms with van der Waals surface area (Å²) >= 11 is 0. The number of nitrogens with zero attached hydrogens (tertiary/aromatic N) is 2. The van der Waals surface area contributed by atoms with Gasteiger partial charge in [-0.3, -0.25) is 0 Å². The van der Waals surface area contributed by atoms with Crippen molar-refractivity contribution in [3.05, 3.63) is 41.5 Å². The highest BCUT2D eigenvalue weighted by molar-refractivity contribution is 5.50. The highest BCUT2D eigenvalue weighted by Crippen LogP contribution is 2.28. The van der Waals surface area contributed by atoms with Crippen LogP contribution >= 0.6 is 0 Å². The quantitative estimate of drug-likeness (QED) is 0.911. The topological polar surface area (TPSA) is 81.2 Å². The molecule has 0 aliphatic heterocycles. The average Bonchev–Trinajstić information content (AvgIpc) is 2.43. The summed E-state index contributed by atoms with van der Waals surface area (Å²) in [5.74, 6) is 1.26. The Morgan fingerprint density at radius 2 is 2.05 bits per heavy atom. The van der Waals surface area contributed by atoms with Crippen LogP contribution in [0.25, 0.3) is 0 Å². The van der Waals surface area contributed by atoms with E-state index in [1.807, 2.05) is 13.0 Å². The monoisotopic (exact) mass is 255 g/mol. The number of benzene rings is 1. The number of nitrogens with two attached hydrogens (primary N) is 1. The fourth-order valence-electron chi connectivity index (χ4n) is 1.55. The number of anilines is 1. The lowest BCUT2D eigenvalue weighted by molar-refractivity contribution is 0.385. The summed E-state index contributed by atoms with van der Waals surface area (Å²) in [6, 6.07) is 10.6. The molecule has 0 bridgehead atoms. The first-order valence-corrected chi connectivity index (χ1v) is 5.63. The predicted octanol–water partition coefficient (Wildman–Crippen LogP) is 2.64. The molecule has 1 aromatic carbocycles. The van der Waals surface area contributed by atoms with Crippen molar-refractivity contribution in [3.8, 4) is 23.6 Å². The van der Waals surface area contributed by atoms with Crippen LogP contribution < -0.4 is 15.2 Å². The van der Waals surface area contributed by atoms with E-state index in [4.69, 9.17) is 20.5 Å². The SMILES string of the molecule is COc1nc(Oc2cc(C#N)ccc2C)ccc1N. The minimum Gasteiger partial charge on any atom is -0.479 e. The Morgan fingerprint density at radius 3 is 2.74 bits per heavy atom. The van der Waals surface area contributed by atoms with Crippen molar-refractivity contribution in [3.63, 3.8) is 0 Å². The number of aromatic nitrogens is 1. The molecule has 0 unspecified atom stereocenters. The van der Waals surface area contributed by atoms with Crippen molar-refractivity contribution in [2.75, 3.05) is 12.8 Å². The van der Waals surface area contributed by atoms with Crippen molar-refractivity contribution >= 4 is 5.69 Å². The van der Waals surface area contributed by atoms with E-state index in [1.54, 1.807) is 24.3 Å². The average molecular weight is 255 g/mol. The van der Waals surface area contributed by atoms with E-state index >= 15 is 0 Å². The minimum absolute atomic E-state index is 0.312. The van der Waals surface area contributed by atoms with Gasteiger partial charge in [-0.1, -0.05) is 6.07 Å². The van der Waals surface area contributed by atoms with E-state index in [1.165, 1.54) is 7.11 Å². The maximum Gasteiger partial charge on any atom is 0.240 e. The van der Waals surface area contributed by atoms with E-state index in [0.29, 0.717) is 28.8 Å². The third-order valence-electron chi connectivity index (χ3n) is 2.59. The molecule has 5 nitrogen and oxygen atoms in total. The molecule has 2 N–H and O–H groups in total. The van der Waals surface area contributed by atoms with Crippen molar-refractivity contribution < 1.29 is 9.47 Å². The highest BCUT2D eigenvalue weighted by atomic mass is 16.5. The Hall–Kier alpha value is -2.74. The van der Waals surface area contributed by atoms with Gasteiger partial charge in [0.05, 0.1) is 24.4 Å². The molecule has 0 radical (unpaired) electrons. The second-order valence-corrected chi connectivity index (χ2v) is 3.94. The molecule has 0 aliphatic rings. The molecule has 19 heavy (non-hydrogen) atoms. The summed E-state index contributed by atoms with van der Waals surface area (Å²) in [7, 11) is 1.49. The predicted molar refractivity (Wildman–Crippen MR) is 71.2 cm³/mol. The molecule has 0 saturated heterocycles. The maximum absolute atomic E-state index is 8.88. The van der Waals surface area contributed by atoms with Gasteiger partial charge < -0.3 is 15.2 Å². The molecule has 5 heteroatoms. The number of aryl methyl sites for hydroxylation is 1. The number of rotatable bonds is 3. The van der Waals surface area contributed by atoms with E-state index < -0.39 is 0 Å². The fourth-order valence-corrected chi connectivity index (χ4v) is 1.55. The molecule has 0 amide bonds. The summed E-state index contributed by atoms with van der Waals surface area (Å²) in [6.07, 6.45) is 0. The van der Waals surface area contributed by atoms with Crippen LogP contribution in [0, 0.1) is 18.3 Å². The summed E-state index contributed by atoms with van der Waals surface area (Å²) in [4.78, 5) is 4.13. The zero-order valence-electron chi connectivity index (χ0n) is 10.7. The Balaban J connectivity index is 2.33. The molecule has 2 rings (SSSR count). The van der Waals surface area contributed by atoms with E-state index in [-0.39, 0.29) is 0 Å². The highest BCUT2D eigenvalue weighted by Gasteiger charge is 2.07. The standard InChI is InChI=1S/C14H13N3O2/c1-9-3-4-10(8-15)7-12(9)19-13-6-5-11(16)14(17-13)18-2/h3-7H,16H2,1-2H3. The zero-order chi connectivity index (χ0) is 13.8. The van der Waals surface area contributed by atoms with Crippen LogP contribution in [-0.2, 0) is 0 Å². The number of methoxy groups -OCH3 is 1. The molecule has 1 aromatic heterocycles. The number of pyridine rings is 1. The van der Waals surface area contributed by atoms with Gasteiger partial charge in [0.1, 0.15) is 5.75 Å². The Morgan fingerprint density at radius 1 is 1.26 bits per heavy atom. The molecule has 96 valence electrons. The molecule has 0 fully saturated rings. The van der Waals surface area contributed by atoms with Gasteiger partial charge in [0.25, 0.3) is 0 Å². The lowest BCUT2D eigenvalue weighted by atomic mass is 10.1. The summed E-state index contributed by atoms with van der Waals surface area (Å²) in [5, 5.41) is 8.88. The number of nitrogen functional groups attached to an aromatic ring is 1.